The topological polar surface area (TPSA) is 80.6 Å². The molecule has 2 aromatic heterocycles. The zero-order valence-corrected chi connectivity index (χ0v) is 22.3. The second kappa shape index (κ2) is 9.41. The van der Waals surface area contributed by atoms with Crippen LogP contribution in [0.2, 0.25) is 0 Å². The fourth-order valence-electron chi connectivity index (χ4n) is 4.33. The highest BCUT2D eigenvalue weighted by atomic mass is 32.1. The van der Waals surface area contributed by atoms with Gasteiger partial charge in [-0.25, -0.2) is 8.78 Å². The van der Waals surface area contributed by atoms with Gasteiger partial charge in [0.15, 0.2) is 11.6 Å². The van der Waals surface area contributed by atoms with Gasteiger partial charge in [-0.1, -0.05) is 6.07 Å². The molecule has 40 heavy (non-hydrogen) atoms. The molecule has 0 radical (unpaired) electrons. The number of alkyl halides is 3. The molecule has 6 nitrogen and oxygen atoms in total. The van der Waals surface area contributed by atoms with Crippen LogP contribution in [0.25, 0.3) is 21.2 Å². The number of aryl methyl sites for hydroxylation is 1. The first-order valence-electron chi connectivity index (χ1n) is 12.1. The van der Waals surface area contributed by atoms with Crippen LogP contribution >= 0.6 is 11.3 Å². The van der Waals surface area contributed by atoms with E-state index in [-0.39, 0.29) is 39.3 Å². The minimum atomic E-state index is -4.61. The number of hydrogen-bond acceptors (Lipinski definition) is 5. The van der Waals surface area contributed by atoms with E-state index in [9.17, 15) is 36.6 Å². The molecule has 0 unspecified atom stereocenters. The average Bonchev–Trinajstić information content (AvgIpc) is 3.51. The number of aliphatic hydroxyl groups is 1. The summed E-state index contributed by atoms with van der Waals surface area (Å²) in [5.41, 5.74) is -3.01. The van der Waals surface area contributed by atoms with Crippen molar-refractivity contribution < 1.29 is 36.6 Å². The van der Waals surface area contributed by atoms with Crippen molar-refractivity contribution in [2.75, 3.05) is 0 Å². The maximum Gasteiger partial charge on any atom is 0.411 e. The summed E-state index contributed by atoms with van der Waals surface area (Å²) in [5.74, 6) is -2.92. The molecule has 4 aromatic rings. The van der Waals surface area contributed by atoms with Gasteiger partial charge in [0.1, 0.15) is 21.8 Å². The number of carbonyl (C=O) groups is 1. The molecule has 0 saturated heterocycles. The zero-order valence-electron chi connectivity index (χ0n) is 21.5. The van der Waals surface area contributed by atoms with Crippen LogP contribution in [0.3, 0.4) is 0 Å². The van der Waals surface area contributed by atoms with Crippen LogP contribution in [0.15, 0.2) is 53.5 Å². The van der Waals surface area contributed by atoms with Crippen LogP contribution in [0.1, 0.15) is 41.9 Å². The van der Waals surface area contributed by atoms with E-state index in [1.165, 1.54) is 29.9 Å². The van der Waals surface area contributed by atoms with Crippen LogP contribution in [0.4, 0.5) is 22.0 Å². The highest BCUT2D eigenvalue weighted by molar-refractivity contribution is 7.20. The molecule has 1 amide bonds. The quantitative estimate of drug-likeness (QED) is 0.260. The molecule has 5 rings (SSSR count). The van der Waals surface area contributed by atoms with Crippen LogP contribution in [-0.2, 0) is 12.6 Å². The number of rotatable bonds is 6. The number of amides is 1. The molecule has 12 heteroatoms. The van der Waals surface area contributed by atoms with Gasteiger partial charge in [-0.2, -0.15) is 13.2 Å². The molecule has 0 bridgehead atoms. The third kappa shape index (κ3) is 4.97. The van der Waals surface area contributed by atoms with Gasteiger partial charge < -0.3 is 19.7 Å². The second-order valence-corrected chi connectivity index (χ2v) is 11.3. The SMILES string of the molecule is Cn1cc(-c2cc(C(C)(C)O)ccc2Oc2ccc(F)cc2F)c2cc(C(=O)NC3(C(F)(F)F)CC3)sc2c1=O. The van der Waals surface area contributed by atoms with Gasteiger partial charge in [-0.15, -0.1) is 11.3 Å². The minimum absolute atomic E-state index is 0.0877. The fourth-order valence-corrected chi connectivity index (χ4v) is 5.38. The standard InChI is InChI=1S/C28H23F5N2O4S/c1-26(2,38)14-4-6-20(39-21-7-5-15(29)11-19(21)30)16(10-14)18-13-35(3)25(37)23-17(18)12-22(40-23)24(36)34-27(8-9-27)28(31,32)33/h4-7,10-13,38H,8-9H2,1-3H3,(H,34,36). The number of nitrogens with one attached hydrogen (secondary N) is 1. The van der Waals surface area contributed by atoms with Gasteiger partial charge in [0.25, 0.3) is 11.5 Å². The van der Waals surface area contributed by atoms with Gasteiger partial charge >= 0.3 is 6.18 Å². The van der Waals surface area contributed by atoms with Crippen molar-refractivity contribution in [2.45, 2.75) is 44.0 Å². The lowest BCUT2D eigenvalue weighted by molar-refractivity contribution is -0.163. The van der Waals surface area contributed by atoms with E-state index < -0.39 is 40.4 Å². The summed E-state index contributed by atoms with van der Waals surface area (Å²) >= 11 is 0.753. The monoisotopic (exact) mass is 578 g/mol. The van der Waals surface area contributed by atoms with E-state index in [4.69, 9.17) is 4.74 Å². The minimum Gasteiger partial charge on any atom is -0.454 e. The Morgan fingerprint density at radius 2 is 1.73 bits per heavy atom. The van der Waals surface area contributed by atoms with Crippen LogP contribution in [0, 0.1) is 11.6 Å². The van der Waals surface area contributed by atoms with Crippen LogP contribution in [0.5, 0.6) is 11.5 Å². The van der Waals surface area contributed by atoms with Crippen molar-refractivity contribution >= 4 is 27.3 Å². The Morgan fingerprint density at radius 3 is 2.33 bits per heavy atom. The van der Waals surface area contributed by atoms with Gasteiger partial charge in [0.2, 0.25) is 0 Å². The number of halogens is 5. The molecular weight excluding hydrogens is 555 g/mol. The largest absolute Gasteiger partial charge is 0.454 e. The Kier molecular flexibility index (Phi) is 6.54. The van der Waals surface area contributed by atoms with E-state index in [0.29, 0.717) is 22.8 Å². The predicted molar refractivity (Wildman–Crippen MR) is 140 cm³/mol. The summed E-state index contributed by atoms with van der Waals surface area (Å²) in [7, 11) is 1.47. The van der Waals surface area contributed by atoms with E-state index in [1.54, 1.807) is 26.0 Å². The molecule has 1 aliphatic rings. The van der Waals surface area contributed by atoms with Crippen molar-refractivity contribution in [3.63, 3.8) is 0 Å². The molecule has 2 N–H and O–H groups in total. The van der Waals surface area contributed by atoms with Crippen molar-refractivity contribution in [2.24, 2.45) is 7.05 Å². The molecule has 0 atom stereocenters. The number of pyridine rings is 1. The molecule has 2 heterocycles. The molecule has 0 spiro atoms. The molecule has 0 aliphatic heterocycles. The normalized spacial score (nSPS) is 14.8. The van der Waals surface area contributed by atoms with Crippen molar-refractivity contribution in [1.82, 2.24) is 9.88 Å². The highest BCUT2D eigenvalue weighted by Gasteiger charge is 2.64. The summed E-state index contributed by atoms with van der Waals surface area (Å²) < 4.78 is 75.4. The summed E-state index contributed by atoms with van der Waals surface area (Å²) in [6.45, 7) is 3.09. The second-order valence-electron chi connectivity index (χ2n) is 10.3. The number of benzene rings is 2. The first-order valence-corrected chi connectivity index (χ1v) is 12.9. The van der Waals surface area contributed by atoms with Crippen LogP contribution < -0.4 is 15.6 Å². The molecule has 210 valence electrons. The summed E-state index contributed by atoms with van der Waals surface area (Å²) in [5, 5.41) is 13.0. The summed E-state index contributed by atoms with van der Waals surface area (Å²) in [6, 6.07) is 8.71. The number of fused-ring (bicyclic) bond motifs is 1. The smallest absolute Gasteiger partial charge is 0.411 e. The Morgan fingerprint density at radius 1 is 1.05 bits per heavy atom. The maximum absolute atomic E-state index is 14.5. The van der Waals surface area contributed by atoms with Crippen molar-refractivity contribution in [3.8, 4) is 22.6 Å². The molecule has 1 fully saturated rings. The lowest BCUT2D eigenvalue weighted by Gasteiger charge is -2.21. The van der Waals surface area contributed by atoms with Gasteiger partial charge in [0, 0.05) is 35.8 Å². The van der Waals surface area contributed by atoms with E-state index in [0.717, 1.165) is 23.5 Å². The zero-order chi connectivity index (χ0) is 29.2. The Hall–Kier alpha value is -3.77. The molecule has 1 saturated carbocycles. The van der Waals surface area contributed by atoms with Gasteiger partial charge in [-0.3, -0.25) is 9.59 Å². The molecule has 1 aliphatic carbocycles. The Labute approximate surface area is 228 Å². The van der Waals surface area contributed by atoms with Gasteiger partial charge in [-0.05, 0) is 62.6 Å². The lowest BCUT2D eigenvalue weighted by atomic mass is 9.93. The van der Waals surface area contributed by atoms with Gasteiger partial charge in [0.05, 0.1) is 10.5 Å². The van der Waals surface area contributed by atoms with Crippen molar-refractivity contribution in [1.29, 1.82) is 0 Å². The van der Waals surface area contributed by atoms with Crippen LogP contribution in [-0.4, -0.2) is 27.3 Å². The summed E-state index contributed by atoms with van der Waals surface area (Å²) in [6.07, 6.45) is -3.62. The van der Waals surface area contributed by atoms with Crippen molar-refractivity contribution in [3.05, 3.63) is 81.1 Å². The molecule has 2 aromatic carbocycles. The fraction of sp³-hybridized carbons (Fsp3) is 0.286. The average molecular weight is 579 g/mol. The predicted octanol–water partition coefficient (Wildman–Crippen LogP) is 6.39. The Bertz CT molecular complexity index is 1710. The van der Waals surface area contributed by atoms with E-state index >= 15 is 0 Å². The number of ether oxygens (including phenoxy) is 1. The Balaban J connectivity index is 1.67. The van der Waals surface area contributed by atoms with E-state index in [2.05, 4.69) is 5.32 Å². The number of hydrogen-bond donors (Lipinski definition) is 2. The first kappa shape index (κ1) is 27.8. The molecular formula is C28H23F5N2O4S. The number of carbonyl (C=O) groups excluding carboxylic acids is 1. The highest BCUT2D eigenvalue weighted by Crippen LogP contribution is 2.49. The third-order valence-corrected chi connectivity index (χ3v) is 7.94. The first-order chi connectivity index (χ1) is 18.6. The summed E-state index contributed by atoms with van der Waals surface area (Å²) in [4.78, 5) is 25.8. The number of nitrogens with zero attached hydrogens (tertiary/aromatic N) is 1. The number of aromatic nitrogens is 1. The lowest BCUT2D eigenvalue weighted by Crippen LogP contribution is -2.47. The third-order valence-electron chi connectivity index (χ3n) is 6.82. The van der Waals surface area contributed by atoms with E-state index in [1.807, 2.05) is 0 Å². The number of thiophene rings is 1. The maximum atomic E-state index is 14.5.